The topological polar surface area (TPSA) is 17.8 Å². The normalized spacial score (nSPS) is 10.6. The molecule has 1 aromatic heterocycles. The molecule has 2 rings (SSSR count). The van der Waals surface area contributed by atoms with E-state index in [1.54, 1.807) is 16.9 Å². The zero-order chi connectivity index (χ0) is 11.4. The molecule has 84 valence electrons. The molecule has 0 aliphatic heterocycles. The molecule has 0 bridgehead atoms. The predicted molar refractivity (Wildman–Crippen MR) is 62.6 cm³/mol. The van der Waals surface area contributed by atoms with E-state index in [9.17, 15) is 4.39 Å². The van der Waals surface area contributed by atoms with Crippen molar-refractivity contribution in [2.45, 2.75) is 12.8 Å². The van der Waals surface area contributed by atoms with E-state index in [2.05, 4.69) is 5.10 Å². The van der Waals surface area contributed by atoms with Crippen LogP contribution >= 0.6 is 11.6 Å². The van der Waals surface area contributed by atoms with Crippen LogP contribution in [0, 0.1) is 5.82 Å². The van der Waals surface area contributed by atoms with Crippen LogP contribution in [0.4, 0.5) is 4.39 Å². The maximum atomic E-state index is 13.0. The molecule has 0 amide bonds. The van der Waals surface area contributed by atoms with Gasteiger partial charge in [0.2, 0.25) is 0 Å². The summed E-state index contributed by atoms with van der Waals surface area (Å²) in [6.45, 7) is 0. The van der Waals surface area contributed by atoms with Crippen molar-refractivity contribution < 1.29 is 4.39 Å². The van der Waals surface area contributed by atoms with Gasteiger partial charge >= 0.3 is 0 Å². The van der Waals surface area contributed by atoms with Crippen LogP contribution in [-0.2, 0) is 6.42 Å². The average Bonchev–Trinajstić information content (AvgIpc) is 2.75. The highest BCUT2D eigenvalue weighted by Gasteiger charge is 2.01. The molecule has 0 fully saturated rings. The maximum Gasteiger partial charge on any atom is 0.125 e. The van der Waals surface area contributed by atoms with Crippen LogP contribution in [0.25, 0.3) is 5.69 Å². The van der Waals surface area contributed by atoms with Crippen LogP contribution in [0.15, 0.2) is 36.7 Å². The fourth-order valence-electron chi connectivity index (χ4n) is 1.52. The van der Waals surface area contributed by atoms with E-state index in [-0.39, 0.29) is 5.82 Å². The van der Waals surface area contributed by atoms with Crippen LogP contribution in [0.2, 0.25) is 0 Å². The van der Waals surface area contributed by atoms with E-state index in [4.69, 9.17) is 11.6 Å². The first kappa shape index (κ1) is 11.1. The highest BCUT2D eigenvalue weighted by Crippen LogP contribution is 2.11. The molecule has 1 heterocycles. The second-order valence-corrected chi connectivity index (χ2v) is 3.94. The summed E-state index contributed by atoms with van der Waals surface area (Å²) in [6.07, 6.45) is 5.52. The van der Waals surface area contributed by atoms with Crippen molar-refractivity contribution >= 4 is 11.6 Å². The van der Waals surface area contributed by atoms with E-state index >= 15 is 0 Å². The molecule has 1 aromatic carbocycles. The number of benzene rings is 1. The highest BCUT2D eigenvalue weighted by molar-refractivity contribution is 6.17. The molecular weight excluding hydrogens is 227 g/mol. The molecule has 16 heavy (non-hydrogen) atoms. The Labute approximate surface area is 98.7 Å². The van der Waals surface area contributed by atoms with E-state index < -0.39 is 0 Å². The summed E-state index contributed by atoms with van der Waals surface area (Å²) in [5.74, 6) is 0.390. The van der Waals surface area contributed by atoms with Crippen molar-refractivity contribution in [1.29, 1.82) is 0 Å². The van der Waals surface area contributed by atoms with Gasteiger partial charge in [-0.15, -0.1) is 11.6 Å². The van der Waals surface area contributed by atoms with Crippen molar-refractivity contribution in [3.05, 3.63) is 48.0 Å². The number of aryl methyl sites for hydroxylation is 1. The molecule has 0 aliphatic rings. The van der Waals surface area contributed by atoms with E-state index in [1.165, 1.54) is 12.1 Å². The standard InChI is InChI=1S/C12H12ClFN2/c13-6-2-3-10-8-15-16(9-10)12-5-1-4-11(14)7-12/h1,4-5,7-9H,2-3,6H2. The Hall–Kier alpha value is -1.35. The monoisotopic (exact) mass is 238 g/mol. The van der Waals surface area contributed by atoms with Crippen molar-refractivity contribution in [2.24, 2.45) is 0 Å². The first-order valence-corrected chi connectivity index (χ1v) is 5.68. The number of halogens is 2. The second-order valence-electron chi connectivity index (χ2n) is 3.57. The minimum absolute atomic E-state index is 0.254. The molecule has 0 atom stereocenters. The molecule has 4 heteroatoms. The average molecular weight is 239 g/mol. The van der Waals surface area contributed by atoms with Crippen LogP contribution in [0.1, 0.15) is 12.0 Å². The number of alkyl halides is 1. The molecule has 0 N–H and O–H groups in total. The summed E-state index contributed by atoms with van der Waals surface area (Å²) in [7, 11) is 0. The Morgan fingerprint density at radius 3 is 3.00 bits per heavy atom. The number of hydrogen-bond acceptors (Lipinski definition) is 1. The van der Waals surface area contributed by atoms with Crippen LogP contribution in [0.3, 0.4) is 0 Å². The number of hydrogen-bond donors (Lipinski definition) is 0. The lowest BCUT2D eigenvalue weighted by molar-refractivity contribution is 0.625. The Morgan fingerprint density at radius 1 is 1.38 bits per heavy atom. The van der Waals surface area contributed by atoms with Crippen molar-refractivity contribution in [1.82, 2.24) is 9.78 Å². The largest absolute Gasteiger partial charge is 0.241 e. The number of nitrogens with zero attached hydrogens (tertiary/aromatic N) is 2. The molecule has 0 unspecified atom stereocenters. The van der Waals surface area contributed by atoms with E-state index in [0.29, 0.717) is 5.88 Å². The van der Waals surface area contributed by atoms with Gasteiger partial charge in [-0.05, 0) is 36.6 Å². The van der Waals surface area contributed by atoms with Crippen LogP contribution in [-0.4, -0.2) is 15.7 Å². The lowest BCUT2D eigenvalue weighted by Gasteiger charge is -2.00. The minimum Gasteiger partial charge on any atom is -0.241 e. The lowest BCUT2D eigenvalue weighted by Crippen LogP contribution is -1.94. The van der Waals surface area contributed by atoms with Gasteiger partial charge in [-0.2, -0.15) is 5.10 Å². The van der Waals surface area contributed by atoms with Gasteiger partial charge in [0.25, 0.3) is 0 Å². The molecular formula is C12H12ClFN2. The van der Waals surface area contributed by atoms with Gasteiger partial charge in [0, 0.05) is 12.1 Å². The molecule has 0 radical (unpaired) electrons. The molecule has 0 spiro atoms. The van der Waals surface area contributed by atoms with Crippen molar-refractivity contribution in [3.63, 3.8) is 0 Å². The first-order chi connectivity index (χ1) is 7.79. The zero-order valence-corrected chi connectivity index (χ0v) is 9.49. The van der Waals surface area contributed by atoms with E-state index in [1.807, 2.05) is 12.3 Å². The fraction of sp³-hybridized carbons (Fsp3) is 0.250. The van der Waals surface area contributed by atoms with Gasteiger partial charge in [-0.3, -0.25) is 0 Å². The minimum atomic E-state index is -0.254. The zero-order valence-electron chi connectivity index (χ0n) is 8.74. The van der Waals surface area contributed by atoms with Crippen LogP contribution < -0.4 is 0 Å². The summed E-state index contributed by atoms with van der Waals surface area (Å²) in [5, 5.41) is 4.19. The predicted octanol–water partition coefficient (Wildman–Crippen LogP) is 3.18. The van der Waals surface area contributed by atoms with Gasteiger partial charge in [0.15, 0.2) is 0 Å². The van der Waals surface area contributed by atoms with Gasteiger partial charge in [0.1, 0.15) is 5.82 Å². The fourth-order valence-corrected chi connectivity index (χ4v) is 1.65. The lowest BCUT2D eigenvalue weighted by atomic mass is 10.2. The number of aromatic nitrogens is 2. The third kappa shape index (κ3) is 2.61. The Kier molecular flexibility index (Phi) is 3.57. The molecule has 2 aromatic rings. The summed E-state index contributed by atoms with van der Waals surface area (Å²) in [5.41, 5.74) is 1.85. The highest BCUT2D eigenvalue weighted by atomic mass is 35.5. The molecule has 0 aliphatic carbocycles. The number of rotatable bonds is 4. The van der Waals surface area contributed by atoms with Gasteiger partial charge < -0.3 is 0 Å². The van der Waals surface area contributed by atoms with Gasteiger partial charge in [-0.1, -0.05) is 6.07 Å². The second kappa shape index (κ2) is 5.12. The summed E-state index contributed by atoms with van der Waals surface area (Å²) in [6, 6.07) is 6.37. The van der Waals surface area contributed by atoms with Gasteiger partial charge in [0.05, 0.1) is 11.9 Å². The quantitative estimate of drug-likeness (QED) is 0.748. The Morgan fingerprint density at radius 2 is 2.25 bits per heavy atom. The Balaban J connectivity index is 2.18. The molecule has 2 nitrogen and oxygen atoms in total. The summed E-state index contributed by atoms with van der Waals surface area (Å²) < 4.78 is 14.7. The molecule has 0 saturated carbocycles. The maximum absolute atomic E-state index is 13.0. The Bertz CT molecular complexity index is 468. The van der Waals surface area contributed by atoms with Crippen molar-refractivity contribution in [3.8, 4) is 5.69 Å². The SMILES string of the molecule is Fc1cccc(-n2cc(CCCCl)cn2)c1. The first-order valence-electron chi connectivity index (χ1n) is 5.15. The third-order valence-corrected chi connectivity index (χ3v) is 2.58. The van der Waals surface area contributed by atoms with Crippen molar-refractivity contribution in [2.75, 3.05) is 5.88 Å². The van der Waals surface area contributed by atoms with E-state index in [0.717, 1.165) is 24.1 Å². The molecule has 0 saturated heterocycles. The van der Waals surface area contributed by atoms with Gasteiger partial charge in [-0.25, -0.2) is 9.07 Å². The third-order valence-electron chi connectivity index (χ3n) is 2.31. The van der Waals surface area contributed by atoms with Crippen LogP contribution in [0.5, 0.6) is 0 Å². The summed E-state index contributed by atoms with van der Waals surface area (Å²) in [4.78, 5) is 0. The summed E-state index contributed by atoms with van der Waals surface area (Å²) >= 11 is 5.62. The smallest absolute Gasteiger partial charge is 0.125 e.